The van der Waals surface area contributed by atoms with Gasteiger partial charge in [0.05, 0.1) is 13.2 Å². The Labute approximate surface area is 158 Å². The van der Waals surface area contributed by atoms with Gasteiger partial charge in [-0.15, -0.1) is 0 Å². The van der Waals surface area contributed by atoms with E-state index in [0.29, 0.717) is 13.2 Å². The van der Waals surface area contributed by atoms with Crippen LogP contribution in [0.1, 0.15) is 110 Å². The van der Waals surface area contributed by atoms with Crippen LogP contribution in [0.15, 0.2) is 12.2 Å². The molecule has 0 fully saturated rings. The van der Waals surface area contributed by atoms with Gasteiger partial charge in [-0.1, -0.05) is 110 Å². The van der Waals surface area contributed by atoms with Gasteiger partial charge in [0.15, 0.2) is 0 Å². The van der Waals surface area contributed by atoms with Gasteiger partial charge in [-0.2, -0.15) is 0 Å². The van der Waals surface area contributed by atoms with Crippen molar-refractivity contribution in [3.63, 3.8) is 0 Å². The van der Waals surface area contributed by atoms with Crippen LogP contribution in [-0.2, 0) is 9.47 Å². The highest BCUT2D eigenvalue weighted by molar-refractivity contribution is 4.93. The Morgan fingerprint density at radius 3 is 1.40 bits per heavy atom. The Balaban J connectivity index is 3.02. The standard InChI is InChI=1S/C23H46O2/c1-4-5-6-7-8-9-10-11-12-13-14-15-16-17-18-19-20-25-22-23(2)21-24-3/h2,4-22H2,1,3H3. The maximum atomic E-state index is 5.59. The average Bonchev–Trinajstić information content (AvgIpc) is 2.61. The molecule has 0 radical (unpaired) electrons. The van der Waals surface area contributed by atoms with E-state index in [1.807, 2.05) is 0 Å². The molecule has 0 saturated carbocycles. The van der Waals surface area contributed by atoms with Crippen LogP contribution in [0.25, 0.3) is 0 Å². The Bertz CT molecular complexity index is 263. The number of methoxy groups -OCH3 is 1. The van der Waals surface area contributed by atoms with Crippen molar-refractivity contribution in [2.45, 2.75) is 110 Å². The zero-order valence-electron chi connectivity index (χ0n) is 17.5. The van der Waals surface area contributed by atoms with Gasteiger partial charge in [0, 0.05) is 13.7 Å². The molecule has 2 heteroatoms. The van der Waals surface area contributed by atoms with E-state index in [0.717, 1.165) is 12.2 Å². The molecule has 0 aliphatic carbocycles. The fraction of sp³-hybridized carbons (Fsp3) is 0.913. The van der Waals surface area contributed by atoms with E-state index >= 15 is 0 Å². The van der Waals surface area contributed by atoms with Crippen LogP contribution in [0.2, 0.25) is 0 Å². The van der Waals surface area contributed by atoms with Gasteiger partial charge in [0.1, 0.15) is 0 Å². The number of unbranched alkanes of at least 4 members (excludes halogenated alkanes) is 15. The molecule has 0 spiro atoms. The summed E-state index contributed by atoms with van der Waals surface area (Å²) in [5, 5.41) is 0. The summed E-state index contributed by atoms with van der Waals surface area (Å²) in [6.45, 7) is 8.32. The minimum absolute atomic E-state index is 0.610. The molecule has 25 heavy (non-hydrogen) atoms. The minimum atomic E-state index is 0.610. The molecule has 150 valence electrons. The van der Waals surface area contributed by atoms with Crippen molar-refractivity contribution < 1.29 is 9.47 Å². The van der Waals surface area contributed by atoms with E-state index < -0.39 is 0 Å². The summed E-state index contributed by atoms with van der Waals surface area (Å²) in [6.07, 6.45) is 22.5. The number of hydrogen-bond acceptors (Lipinski definition) is 2. The lowest BCUT2D eigenvalue weighted by molar-refractivity contribution is 0.134. The fourth-order valence-electron chi connectivity index (χ4n) is 3.21. The first kappa shape index (κ1) is 24.7. The highest BCUT2D eigenvalue weighted by Gasteiger charge is 1.96. The normalized spacial score (nSPS) is 11.1. The van der Waals surface area contributed by atoms with Gasteiger partial charge in [-0.3, -0.25) is 0 Å². The molecule has 0 amide bonds. The highest BCUT2D eigenvalue weighted by Crippen LogP contribution is 2.13. The molecule has 0 bridgehead atoms. The number of ether oxygens (including phenoxy) is 2. The lowest BCUT2D eigenvalue weighted by Gasteiger charge is -2.06. The van der Waals surface area contributed by atoms with Gasteiger partial charge in [-0.25, -0.2) is 0 Å². The van der Waals surface area contributed by atoms with Crippen molar-refractivity contribution in [1.29, 1.82) is 0 Å². The van der Waals surface area contributed by atoms with Gasteiger partial charge >= 0.3 is 0 Å². The second kappa shape index (κ2) is 21.7. The van der Waals surface area contributed by atoms with Crippen molar-refractivity contribution in [3.05, 3.63) is 12.2 Å². The maximum Gasteiger partial charge on any atom is 0.0696 e. The van der Waals surface area contributed by atoms with Crippen molar-refractivity contribution in [3.8, 4) is 0 Å². The Morgan fingerprint density at radius 2 is 1.00 bits per heavy atom. The summed E-state index contributed by atoms with van der Waals surface area (Å²) < 4.78 is 10.6. The molecule has 0 saturated heterocycles. The molecule has 0 aromatic rings. The lowest BCUT2D eigenvalue weighted by atomic mass is 10.0. The lowest BCUT2D eigenvalue weighted by Crippen LogP contribution is -2.03. The van der Waals surface area contributed by atoms with E-state index in [1.54, 1.807) is 7.11 Å². The molecule has 0 unspecified atom stereocenters. The summed E-state index contributed by atoms with van der Waals surface area (Å²) in [5.74, 6) is 0. The Morgan fingerprint density at radius 1 is 0.600 bits per heavy atom. The van der Waals surface area contributed by atoms with Crippen LogP contribution in [0.5, 0.6) is 0 Å². The zero-order chi connectivity index (χ0) is 18.4. The van der Waals surface area contributed by atoms with Gasteiger partial charge in [0.25, 0.3) is 0 Å². The third kappa shape index (κ3) is 21.6. The average molecular weight is 355 g/mol. The van der Waals surface area contributed by atoms with Gasteiger partial charge in [0.2, 0.25) is 0 Å². The van der Waals surface area contributed by atoms with Crippen LogP contribution in [0, 0.1) is 0 Å². The van der Waals surface area contributed by atoms with E-state index in [1.165, 1.54) is 103 Å². The summed E-state index contributed by atoms with van der Waals surface area (Å²) in [5.41, 5.74) is 1.03. The molecule has 0 atom stereocenters. The predicted octanol–water partition coefficient (Wildman–Crippen LogP) is 7.47. The van der Waals surface area contributed by atoms with Crippen LogP contribution >= 0.6 is 0 Å². The molecule has 0 aromatic heterocycles. The van der Waals surface area contributed by atoms with E-state index in [2.05, 4.69) is 13.5 Å². The quantitative estimate of drug-likeness (QED) is 0.157. The first-order valence-electron chi connectivity index (χ1n) is 11.0. The summed E-state index contributed by atoms with van der Waals surface area (Å²) >= 11 is 0. The Kier molecular flexibility index (Phi) is 21.4. The molecule has 2 nitrogen and oxygen atoms in total. The number of hydrogen-bond donors (Lipinski definition) is 0. The third-order valence-corrected chi connectivity index (χ3v) is 4.80. The summed E-state index contributed by atoms with van der Waals surface area (Å²) in [7, 11) is 1.70. The second-order valence-electron chi connectivity index (χ2n) is 7.54. The van der Waals surface area contributed by atoms with Crippen LogP contribution in [0.4, 0.5) is 0 Å². The molecule has 0 aliphatic heterocycles. The van der Waals surface area contributed by atoms with Crippen LogP contribution in [-0.4, -0.2) is 26.9 Å². The van der Waals surface area contributed by atoms with Crippen LogP contribution < -0.4 is 0 Å². The van der Waals surface area contributed by atoms with Crippen LogP contribution in [0.3, 0.4) is 0 Å². The molecular weight excluding hydrogens is 308 g/mol. The first-order chi connectivity index (χ1) is 12.3. The largest absolute Gasteiger partial charge is 0.380 e. The van der Waals surface area contributed by atoms with Crippen molar-refractivity contribution in [2.75, 3.05) is 26.9 Å². The maximum absolute atomic E-state index is 5.59. The molecular formula is C23H46O2. The van der Waals surface area contributed by atoms with Gasteiger partial charge < -0.3 is 9.47 Å². The molecule has 0 aromatic carbocycles. The fourth-order valence-corrected chi connectivity index (χ4v) is 3.21. The monoisotopic (exact) mass is 354 g/mol. The smallest absolute Gasteiger partial charge is 0.0696 e. The van der Waals surface area contributed by atoms with Crippen molar-refractivity contribution in [2.24, 2.45) is 0 Å². The van der Waals surface area contributed by atoms with Crippen molar-refractivity contribution >= 4 is 0 Å². The third-order valence-electron chi connectivity index (χ3n) is 4.80. The zero-order valence-corrected chi connectivity index (χ0v) is 17.5. The molecule has 0 heterocycles. The number of rotatable bonds is 21. The van der Waals surface area contributed by atoms with E-state index in [9.17, 15) is 0 Å². The molecule has 0 rings (SSSR count). The minimum Gasteiger partial charge on any atom is -0.380 e. The van der Waals surface area contributed by atoms with Gasteiger partial charge in [-0.05, 0) is 12.0 Å². The molecule has 0 N–H and O–H groups in total. The SMILES string of the molecule is C=C(COC)COCCCCCCCCCCCCCCCCCC. The topological polar surface area (TPSA) is 18.5 Å². The predicted molar refractivity (Wildman–Crippen MR) is 111 cm³/mol. The van der Waals surface area contributed by atoms with E-state index in [-0.39, 0.29) is 0 Å². The summed E-state index contributed by atoms with van der Waals surface area (Å²) in [4.78, 5) is 0. The van der Waals surface area contributed by atoms with Crippen molar-refractivity contribution in [1.82, 2.24) is 0 Å². The first-order valence-corrected chi connectivity index (χ1v) is 11.0. The van der Waals surface area contributed by atoms with E-state index in [4.69, 9.17) is 9.47 Å². The Hall–Kier alpha value is -0.340. The molecule has 0 aliphatic rings. The highest BCUT2D eigenvalue weighted by atomic mass is 16.5. The summed E-state index contributed by atoms with van der Waals surface area (Å²) in [6, 6.07) is 0. The second-order valence-corrected chi connectivity index (χ2v) is 7.54.